The highest BCUT2D eigenvalue weighted by Gasteiger charge is 2.21. The molecule has 168 valence electrons. The molecule has 0 saturated heterocycles. The molecule has 0 atom stereocenters. The summed E-state index contributed by atoms with van der Waals surface area (Å²) in [7, 11) is 0. The molecule has 3 aromatic rings. The van der Waals surface area contributed by atoms with Crippen molar-refractivity contribution in [2.45, 2.75) is 44.9 Å². The number of rotatable bonds is 6. The van der Waals surface area contributed by atoms with Crippen molar-refractivity contribution < 1.29 is 22.3 Å². The molecule has 3 aromatic carbocycles. The fourth-order valence-corrected chi connectivity index (χ4v) is 4.69. The molecule has 4 rings (SSSR count). The van der Waals surface area contributed by atoms with Gasteiger partial charge in [0.1, 0.15) is 5.82 Å². The Labute approximate surface area is 186 Å². The summed E-state index contributed by atoms with van der Waals surface area (Å²) in [6.07, 6.45) is 6.23. The van der Waals surface area contributed by atoms with Crippen molar-refractivity contribution in [1.29, 1.82) is 0 Å². The Morgan fingerprint density at radius 2 is 1.34 bits per heavy atom. The van der Waals surface area contributed by atoms with E-state index in [4.69, 9.17) is 0 Å². The Bertz CT molecular complexity index is 1050. The number of alkyl halides is 1. The molecule has 1 aliphatic carbocycles. The van der Waals surface area contributed by atoms with Crippen molar-refractivity contribution >= 4 is 0 Å². The second-order valence-corrected chi connectivity index (χ2v) is 8.46. The van der Waals surface area contributed by atoms with Gasteiger partial charge in [-0.15, -0.1) is 0 Å². The molecule has 1 saturated carbocycles. The first-order valence-corrected chi connectivity index (χ1v) is 11.1. The summed E-state index contributed by atoms with van der Waals surface area (Å²) < 4.78 is 59.5. The van der Waals surface area contributed by atoms with Crippen LogP contribution in [0.1, 0.15) is 50.5 Å². The lowest BCUT2D eigenvalue weighted by Crippen LogP contribution is -2.12. The van der Waals surface area contributed by atoms with Crippen LogP contribution < -0.4 is 4.74 Å². The van der Waals surface area contributed by atoms with E-state index in [-0.39, 0.29) is 11.1 Å². The molecule has 0 amide bonds. The molecule has 0 N–H and O–H groups in total. The maximum Gasteiger partial charge on any atom is 0.228 e. The van der Waals surface area contributed by atoms with Gasteiger partial charge >= 0.3 is 0 Å². The van der Waals surface area contributed by atoms with Crippen LogP contribution in [0, 0.1) is 23.4 Å². The lowest BCUT2D eigenvalue weighted by molar-refractivity contribution is 0.176. The van der Waals surface area contributed by atoms with Crippen LogP contribution in [0.3, 0.4) is 0 Å². The molecule has 0 aromatic heterocycles. The standard InChI is InChI=1S/C27H26F4O/c1-2-17-3-5-18(6-4-17)19-7-9-20(10-8-19)21-11-12-23(24(29)13-21)22-14-25(30)27(32-16-28)26(31)15-22/h7-15,17-18H,2-6,16H2,1H3. The predicted molar refractivity (Wildman–Crippen MR) is 119 cm³/mol. The number of benzene rings is 3. The van der Waals surface area contributed by atoms with Gasteiger partial charge in [-0.25, -0.2) is 17.6 Å². The first-order chi connectivity index (χ1) is 15.5. The van der Waals surface area contributed by atoms with Crippen LogP contribution in [0.15, 0.2) is 54.6 Å². The Balaban J connectivity index is 1.54. The van der Waals surface area contributed by atoms with E-state index in [9.17, 15) is 17.6 Å². The van der Waals surface area contributed by atoms with Gasteiger partial charge < -0.3 is 4.74 Å². The van der Waals surface area contributed by atoms with Crippen molar-refractivity contribution in [2.24, 2.45) is 5.92 Å². The van der Waals surface area contributed by atoms with E-state index in [1.54, 1.807) is 6.07 Å². The van der Waals surface area contributed by atoms with Crippen LogP contribution >= 0.6 is 0 Å². The van der Waals surface area contributed by atoms with E-state index in [1.807, 2.05) is 12.1 Å². The third kappa shape index (κ3) is 4.67. The van der Waals surface area contributed by atoms with Gasteiger partial charge in [-0.2, -0.15) is 0 Å². The first kappa shape index (κ1) is 22.4. The predicted octanol–water partition coefficient (Wildman–Crippen LogP) is 8.43. The number of hydrogen-bond acceptors (Lipinski definition) is 1. The van der Waals surface area contributed by atoms with Gasteiger partial charge in [-0.1, -0.05) is 49.7 Å². The molecule has 32 heavy (non-hydrogen) atoms. The molecule has 0 heterocycles. The van der Waals surface area contributed by atoms with E-state index in [0.717, 1.165) is 23.6 Å². The summed E-state index contributed by atoms with van der Waals surface area (Å²) in [5, 5.41) is 0. The average Bonchev–Trinajstić information content (AvgIpc) is 2.81. The maximum absolute atomic E-state index is 14.8. The largest absolute Gasteiger partial charge is 0.457 e. The third-order valence-electron chi connectivity index (χ3n) is 6.62. The van der Waals surface area contributed by atoms with Crippen molar-refractivity contribution in [1.82, 2.24) is 0 Å². The summed E-state index contributed by atoms with van der Waals surface area (Å²) in [5.74, 6) is -2.13. The maximum atomic E-state index is 14.8. The minimum absolute atomic E-state index is 0.0216. The van der Waals surface area contributed by atoms with Gasteiger partial charge in [-0.3, -0.25) is 0 Å². The van der Waals surface area contributed by atoms with E-state index in [0.29, 0.717) is 11.5 Å². The lowest BCUT2D eigenvalue weighted by Gasteiger charge is -2.28. The Morgan fingerprint density at radius 1 is 0.750 bits per heavy atom. The first-order valence-electron chi connectivity index (χ1n) is 11.1. The Kier molecular flexibility index (Phi) is 6.83. The topological polar surface area (TPSA) is 9.23 Å². The highest BCUT2D eigenvalue weighted by molar-refractivity contribution is 5.71. The van der Waals surface area contributed by atoms with E-state index in [2.05, 4.69) is 23.8 Å². The van der Waals surface area contributed by atoms with Crippen LogP contribution in [-0.2, 0) is 0 Å². The summed E-state index contributed by atoms with van der Waals surface area (Å²) in [6.45, 7) is 0.905. The van der Waals surface area contributed by atoms with Crippen molar-refractivity contribution in [3.63, 3.8) is 0 Å². The third-order valence-corrected chi connectivity index (χ3v) is 6.62. The normalized spacial score (nSPS) is 18.5. The summed E-state index contributed by atoms with van der Waals surface area (Å²) in [4.78, 5) is 0. The molecule has 1 nitrogen and oxygen atoms in total. The van der Waals surface area contributed by atoms with E-state index < -0.39 is 30.1 Å². The lowest BCUT2D eigenvalue weighted by atomic mass is 9.77. The van der Waals surface area contributed by atoms with Crippen LogP contribution in [0.4, 0.5) is 17.6 Å². The van der Waals surface area contributed by atoms with Crippen LogP contribution in [-0.4, -0.2) is 6.86 Å². The monoisotopic (exact) mass is 442 g/mol. The quantitative estimate of drug-likeness (QED) is 0.348. The van der Waals surface area contributed by atoms with E-state index in [1.165, 1.54) is 49.8 Å². The fourth-order valence-electron chi connectivity index (χ4n) is 4.69. The summed E-state index contributed by atoms with van der Waals surface area (Å²) in [5.41, 5.74) is 2.97. The molecule has 1 aliphatic rings. The highest BCUT2D eigenvalue weighted by Crippen LogP contribution is 2.38. The molecular formula is C27H26F4O. The van der Waals surface area contributed by atoms with Gasteiger partial charge in [0.2, 0.25) is 6.86 Å². The van der Waals surface area contributed by atoms with Crippen LogP contribution in [0.5, 0.6) is 5.75 Å². The second-order valence-electron chi connectivity index (χ2n) is 8.46. The van der Waals surface area contributed by atoms with Crippen molar-refractivity contribution in [3.8, 4) is 28.0 Å². The van der Waals surface area contributed by atoms with Crippen LogP contribution in [0.2, 0.25) is 0 Å². The minimum Gasteiger partial charge on any atom is -0.457 e. The minimum atomic E-state index is -1.35. The number of hydrogen-bond donors (Lipinski definition) is 0. The highest BCUT2D eigenvalue weighted by atomic mass is 19.1. The Morgan fingerprint density at radius 3 is 1.91 bits per heavy atom. The zero-order chi connectivity index (χ0) is 22.7. The van der Waals surface area contributed by atoms with Gasteiger partial charge in [0.15, 0.2) is 17.4 Å². The SMILES string of the molecule is CCC1CCC(c2ccc(-c3ccc(-c4cc(F)c(OCF)c(F)c4)c(F)c3)cc2)CC1. The molecule has 1 fully saturated rings. The average molecular weight is 442 g/mol. The zero-order valence-corrected chi connectivity index (χ0v) is 18.0. The zero-order valence-electron chi connectivity index (χ0n) is 18.0. The van der Waals surface area contributed by atoms with Gasteiger partial charge in [0.25, 0.3) is 0 Å². The summed E-state index contributed by atoms with van der Waals surface area (Å²) >= 11 is 0. The smallest absolute Gasteiger partial charge is 0.228 e. The second kappa shape index (κ2) is 9.76. The number of ether oxygens (including phenoxy) is 1. The molecule has 0 radical (unpaired) electrons. The van der Waals surface area contributed by atoms with Gasteiger partial charge in [0, 0.05) is 5.56 Å². The van der Waals surface area contributed by atoms with Gasteiger partial charge in [0.05, 0.1) is 0 Å². The number of halogens is 4. The fraction of sp³-hybridized carbons (Fsp3) is 0.333. The summed E-state index contributed by atoms with van der Waals surface area (Å²) in [6, 6.07) is 14.7. The van der Waals surface area contributed by atoms with Crippen LogP contribution in [0.25, 0.3) is 22.3 Å². The molecule has 5 heteroatoms. The molecule has 0 spiro atoms. The van der Waals surface area contributed by atoms with Gasteiger partial charge in [-0.05, 0) is 78.0 Å². The molecular weight excluding hydrogens is 416 g/mol. The molecule has 0 aliphatic heterocycles. The molecule has 0 unspecified atom stereocenters. The van der Waals surface area contributed by atoms with Crippen molar-refractivity contribution in [2.75, 3.05) is 6.86 Å². The molecule has 0 bridgehead atoms. The van der Waals surface area contributed by atoms with E-state index >= 15 is 0 Å². The van der Waals surface area contributed by atoms with Crippen molar-refractivity contribution in [3.05, 3.63) is 77.6 Å². The Hall–Kier alpha value is -2.82.